The second-order valence-electron chi connectivity index (χ2n) is 4.95. The molecule has 96 valence electrons. The summed E-state index contributed by atoms with van der Waals surface area (Å²) in [5.74, 6) is 0.266. The van der Waals surface area contributed by atoms with E-state index in [1.807, 2.05) is 19.1 Å². The standard InChI is InChI=1S/C14H18N2O2/c1-9(2)12-5-4-11(8-10(12)3)16-7-6-13(17)15-14(16)18/h4-5,8-9H,6-7H2,1-3H3,(H,15,17,18). The van der Waals surface area contributed by atoms with E-state index in [2.05, 4.69) is 25.2 Å². The van der Waals surface area contributed by atoms with Gasteiger partial charge in [0.25, 0.3) is 0 Å². The van der Waals surface area contributed by atoms with Gasteiger partial charge in [0.15, 0.2) is 0 Å². The Morgan fingerprint density at radius 1 is 1.28 bits per heavy atom. The molecule has 1 aromatic carbocycles. The number of carbonyl (C=O) groups excluding carboxylic acids is 2. The summed E-state index contributed by atoms with van der Waals surface area (Å²) in [6.45, 7) is 6.79. The van der Waals surface area contributed by atoms with Crippen LogP contribution >= 0.6 is 0 Å². The van der Waals surface area contributed by atoms with E-state index in [9.17, 15) is 9.59 Å². The molecule has 1 N–H and O–H groups in total. The van der Waals surface area contributed by atoms with Crippen molar-refractivity contribution in [1.29, 1.82) is 0 Å². The normalized spacial score (nSPS) is 16.1. The van der Waals surface area contributed by atoms with Crippen LogP contribution in [0.2, 0.25) is 0 Å². The maximum Gasteiger partial charge on any atom is 0.328 e. The fourth-order valence-electron chi connectivity index (χ4n) is 2.29. The number of nitrogens with zero attached hydrogens (tertiary/aromatic N) is 1. The molecule has 1 saturated heterocycles. The Bertz CT molecular complexity index is 495. The van der Waals surface area contributed by atoms with Gasteiger partial charge in [-0.05, 0) is 36.1 Å². The predicted molar refractivity (Wildman–Crippen MR) is 70.8 cm³/mol. The molecular formula is C14H18N2O2. The Labute approximate surface area is 107 Å². The molecule has 2 rings (SSSR count). The Kier molecular flexibility index (Phi) is 3.36. The number of aryl methyl sites for hydroxylation is 1. The van der Waals surface area contributed by atoms with Crippen molar-refractivity contribution in [3.8, 4) is 0 Å². The Morgan fingerprint density at radius 3 is 2.56 bits per heavy atom. The third kappa shape index (κ3) is 2.37. The second kappa shape index (κ2) is 4.80. The molecule has 4 nitrogen and oxygen atoms in total. The Morgan fingerprint density at radius 2 is 2.00 bits per heavy atom. The summed E-state index contributed by atoms with van der Waals surface area (Å²) >= 11 is 0. The first kappa shape index (κ1) is 12.6. The van der Waals surface area contributed by atoms with E-state index in [1.54, 1.807) is 4.90 Å². The molecule has 0 spiro atoms. The van der Waals surface area contributed by atoms with Crippen molar-refractivity contribution < 1.29 is 9.59 Å². The van der Waals surface area contributed by atoms with Crippen molar-refractivity contribution in [2.45, 2.75) is 33.1 Å². The van der Waals surface area contributed by atoms with Gasteiger partial charge in [0.2, 0.25) is 5.91 Å². The highest BCUT2D eigenvalue weighted by Gasteiger charge is 2.24. The smallest absolute Gasteiger partial charge is 0.294 e. The van der Waals surface area contributed by atoms with Crippen LogP contribution in [0.15, 0.2) is 18.2 Å². The molecule has 4 heteroatoms. The molecule has 3 amide bonds. The lowest BCUT2D eigenvalue weighted by atomic mass is 9.97. The molecule has 1 fully saturated rings. The first-order valence-corrected chi connectivity index (χ1v) is 6.21. The number of urea groups is 1. The number of benzene rings is 1. The molecule has 1 heterocycles. The lowest BCUT2D eigenvalue weighted by Gasteiger charge is -2.27. The number of hydrogen-bond donors (Lipinski definition) is 1. The highest BCUT2D eigenvalue weighted by atomic mass is 16.2. The fraction of sp³-hybridized carbons (Fsp3) is 0.429. The molecule has 0 saturated carbocycles. The minimum atomic E-state index is -0.331. The Balaban J connectivity index is 2.27. The van der Waals surface area contributed by atoms with Crippen LogP contribution in [-0.4, -0.2) is 18.5 Å². The van der Waals surface area contributed by atoms with Crippen LogP contribution in [0.4, 0.5) is 10.5 Å². The molecular weight excluding hydrogens is 228 g/mol. The van der Waals surface area contributed by atoms with Crippen molar-refractivity contribution in [3.63, 3.8) is 0 Å². The monoisotopic (exact) mass is 246 g/mol. The zero-order chi connectivity index (χ0) is 13.3. The van der Waals surface area contributed by atoms with Crippen LogP contribution in [0.5, 0.6) is 0 Å². The first-order chi connectivity index (χ1) is 8.49. The molecule has 0 unspecified atom stereocenters. The Hall–Kier alpha value is -1.84. The van der Waals surface area contributed by atoms with E-state index in [-0.39, 0.29) is 11.9 Å². The third-order valence-corrected chi connectivity index (χ3v) is 3.24. The van der Waals surface area contributed by atoms with Crippen LogP contribution in [0.3, 0.4) is 0 Å². The highest BCUT2D eigenvalue weighted by Crippen LogP contribution is 2.25. The van der Waals surface area contributed by atoms with Gasteiger partial charge >= 0.3 is 6.03 Å². The van der Waals surface area contributed by atoms with Crippen molar-refractivity contribution in [2.24, 2.45) is 0 Å². The van der Waals surface area contributed by atoms with Crippen LogP contribution in [0.25, 0.3) is 0 Å². The van der Waals surface area contributed by atoms with Gasteiger partial charge in [0.05, 0.1) is 0 Å². The van der Waals surface area contributed by atoms with Gasteiger partial charge in [-0.1, -0.05) is 19.9 Å². The largest absolute Gasteiger partial charge is 0.328 e. The number of carbonyl (C=O) groups is 2. The van der Waals surface area contributed by atoms with E-state index >= 15 is 0 Å². The van der Waals surface area contributed by atoms with Gasteiger partial charge in [-0.15, -0.1) is 0 Å². The molecule has 0 atom stereocenters. The molecule has 0 aliphatic carbocycles. The van der Waals surface area contributed by atoms with E-state index in [1.165, 1.54) is 11.1 Å². The van der Waals surface area contributed by atoms with Gasteiger partial charge in [0, 0.05) is 18.7 Å². The summed E-state index contributed by atoms with van der Waals surface area (Å²) in [4.78, 5) is 24.4. The third-order valence-electron chi connectivity index (χ3n) is 3.24. The lowest BCUT2D eigenvalue weighted by Crippen LogP contribution is -2.49. The summed E-state index contributed by atoms with van der Waals surface area (Å²) in [7, 11) is 0. The number of nitrogens with one attached hydrogen (secondary N) is 1. The summed E-state index contributed by atoms with van der Waals surface area (Å²) < 4.78 is 0. The number of amides is 3. The number of hydrogen-bond acceptors (Lipinski definition) is 2. The van der Waals surface area contributed by atoms with Gasteiger partial charge in [0.1, 0.15) is 0 Å². The van der Waals surface area contributed by atoms with Crippen molar-refractivity contribution in [3.05, 3.63) is 29.3 Å². The van der Waals surface area contributed by atoms with E-state index in [0.29, 0.717) is 18.9 Å². The number of rotatable bonds is 2. The quantitative estimate of drug-likeness (QED) is 0.871. The average molecular weight is 246 g/mol. The van der Waals surface area contributed by atoms with Crippen LogP contribution in [-0.2, 0) is 4.79 Å². The SMILES string of the molecule is Cc1cc(N2CCC(=O)NC2=O)ccc1C(C)C. The summed E-state index contributed by atoms with van der Waals surface area (Å²) in [6, 6.07) is 5.67. The summed E-state index contributed by atoms with van der Waals surface area (Å²) in [5, 5.41) is 2.33. The molecule has 1 aliphatic rings. The summed E-state index contributed by atoms with van der Waals surface area (Å²) in [5.41, 5.74) is 3.31. The van der Waals surface area contributed by atoms with Crippen molar-refractivity contribution in [2.75, 3.05) is 11.4 Å². The van der Waals surface area contributed by atoms with Crippen molar-refractivity contribution in [1.82, 2.24) is 5.32 Å². The zero-order valence-corrected chi connectivity index (χ0v) is 11.0. The van der Waals surface area contributed by atoms with E-state index in [0.717, 1.165) is 5.69 Å². The lowest BCUT2D eigenvalue weighted by molar-refractivity contribution is -0.120. The first-order valence-electron chi connectivity index (χ1n) is 6.21. The molecule has 18 heavy (non-hydrogen) atoms. The summed E-state index contributed by atoms with van der Waals surface area (Å²) in [6.07, 6.45) is 0.358. The molecule has 0 aromatic heterocycles. The van der Waals surface area contributed by atoms with Crippen molar-refractivity contribution >= 4 is 17.6 Å². The highest BCUT2D eigenvalue weighted by molar-refractivity contribution is 6.05. The molecule has 0 bridgehead atoms. The number of anilines is 1. The predicted octanol–water partition coefficient (Wildman–Crippen LogP) is 2.56. The van der Waals surface area contributed by atoms with Gasteiger partial charge in [-0.2, -0.15) is 0 Å². The molecule has 1 aromatic rings. The van der Waals surface area contributed by atoms with Crippen LogP contribution < -0.4 is 10.2 Å². The molecule has 1 aliphatic heterocycles. The van der Waals surface area contributed by atoms with Gasteiger partial charge in [-0.25, -0.2) is 4.79 Å². The van der Waals surface area contributed by atoms with Crippen LogP contribution in [0, 0.1) is 6.92 Å². The van der Waals surface area contributed by atoms with E-state index < -0.39 is 0 Å². The fourth-order valence-corrected chi connectivity index (χ4v) is 2.29. The maximum atomic E-state index is 11.7. The number of imide groups is 1. The topological polar surface area (TPSA) is 49.4 Å². The molecule has 0 radical (unpaired) electrons. The van der Waals surface area contributed by atoms with Gasteiger partial charge < -0.3 is 0 Å². The van der Waals surface area contributed by atoms with Crippen LogP contribution in [0.1, 0.15) is 37.3 Å². The maximum absolute atomic E-state index is 11.7. The minimum Gasteiger partial charge on any atom is -0.294 e. The zero-order valence-electron chi connectivity index (χ0n) is 11.0. The average Bonchev–Trinajstić information content (AvgIpc) is 2.28. The minimum absolute atomic E-state index is 0.202. The van der Waals surface area contributed by atoms with E-state index in [4.69, 9.17) is 0 Å². The second-order valence-corrected chi connectivity index (χ2v) is 4.95. The van der Waals surface area contributed by atoms with Gasteiger partial charge in [-0.3, -0.25) is 15.0 Å².